The number of carbonyl (C=O) groups is 1. The minimum absolute atomic E-state index is 0.0228. The summed E-state index contributed by atoms with van der Waals surface area (Å²) in [6, 6.07) is 20.1. The van der Waals surface area contributed by atoms with Crippen LogP contribution >= 0.6 is 11.6 Å². The lowest BCUT2D eigenvalue weighted by Crippen LogP contribution is -2.38. The van der Waals surface area contributed by atoms with E-state index in [1.54, 1.807) is 41.3 Å². The molecule has 1 aliphatic heterocycles. The molecule has 0 unspecified atom stereocenters. The van der Waals surface area contributed by atoms with E-state index in [0.29, 0.717) is 35.3 Å². The molecule has 3 aromatic carbocycles. The molecule has 0 radical (unpaired) electrons. The van der Waals surface area contributed by atoms with E-state index in [1.165, 1.54) is 12.1 Å². The van der Waals surface area contributed by atoms with Gasteiger partial charge in [-0.15, -0.1) is 0 Å². The fraction of sp³-hybridized carbons (Fsp3) is 0.200. The van der Waals surface area contributed by atoms with E-state index >= 15 is 0 Å². The molecule has 0 saturated carbocycles. The average molecular weight is 496 g/mol. The van der Waals surface area contributed by atoms with Crippen LogP contribution in [0, 0.1) is 0 Å². The molecule has 0 atom stereocenters. The lowest BCUT2D eigenvalue weighted by Gasteiger charge is -2.30. The molecule has 1 aromatic heterocycles. The van der Waals surface area contributed by atoms with Gasteiger partial charge in [-0.3, -0.25) is 9.52 Å². The van der Waals surface area contributed by atoms with Gasteiger partial charge in [0.05, 0.1) is 4.90 Å². The SMILES string of the molecule is O=C(c1cccc(S(=O)(=O)Nc2ccc(Cl)cc2)c1)N1CCC(c2nc3ccccc3o2)CC1. The first-order chi connectivity index (χ1) is 16.4. The third-order valence-corrected chi connectivity index (χ3v) is 7.56. The van der Waals surface area contributed by atoms with Crippen molar-refractivity contribution in [2.24, 2.45) is 0 Å². The molecule has 0 spiro atoms. The Labute approximate surface area is 202 Å². The van der Waals surface area contributed by atoms with Gasteiger partial charge in [0, 0.05) is 35.3 Å². The number of para-hydroxylation sites is 2. The van der Waals surface area contributed by atoms with Crippen LogP contribution in [0.2, 0.25) is 5.02 Å². The Morgan fingerprint density at radius 1 is 1.00 bits per heavy atom. The number of oxazole rings is 1. The Kier molecular flexibility index (Phi) is 6.02. The maximum atomic E-state index is 13.1. The van der Waals surface area contributed by atoms with Gasteiger partial charge in [0.2, 0.25) is 0 Å². The molecule has 9 heteroatoms. The van der Waals surface area contributed by atoms with E-state index in [0.717, 1.165) is 23.9 Å². The third kappa shape index (κ3) is 4.64. The zero-order chi connectivity index (χ0) is 23.7. The Balaban J connectivity index is 1.27. The van der Waals surface area contributed by atoms with Gasteiger partial charge in [-0.05, 0) is 67.4 Å². The van der Waals surface area contributed by atoms with E-state index in [4.69, 9.17) is 16.0 Å². The summed E-state index contributed by atoms with van der Waals surface area (Å²) in [6.07, 6.45) is 1.46. The number of rotatable bonds is 5. The van der Waals surface area contributed by atoms with Gasteiger partial charge in [-0.1, -0.05) is 29.8 Å². The number of aromatic nitrogens is 1. The van der Waals surface area contributed by atoms with Gasteiger partial charge in [0.25, 0.3) is 15.9 Å². The van der Waals surface area contributed by atoms with Crippen molar-refractivity contribution in [3.05, 3.63) is 89.3 Å². The van der Waals surface area contributed by atoms with Crippen LogP contribution < -0.4 is 4.72 Å². The second kappa shape index (κ2) is 9.12. The largest absolute Gasteiger partial charge is 0.440 e. The van der Waals surface area contributed by atoms with Gasteiger partial charge in [0.15, 0.2) is 11.5 Å². The zero-order valence-electron chi connectivity index (χ0n) is 18.1. The van der Waals surface area contributed by atoms with Crippen LogP contribution in [0.1, 0.15) is 35.0 Å². The van der Waals surface area contributed by atoms with Gasteiger partial charge < -0.3 is 9.32 Å². The normalized spacial score (nSPS) is 14.9. The van der Waals surface area contributed by atoms with Crippen LogP contribution in [0.15, 0.2) is 82.1 Å². The number of hydrogen-bond donors (Lipinski definition) is 1. The minimum Gasteiger partial charge on any atom is -0.440 e. The number of halogens is 1. The summed E-state index contributed by atoms with van der Waals surface area (Å²) < 4.78 is 34.1. The van der Waals surface area contributed by atoms with Gasteiger partial charge >= 0.3 is 0 Å². The fourth-order valence-electron chi connectivity index (χ4n) is 4.11. The number of benzene rings is 3. The standard InChI is InChI=1S/C25H22ClN3O4S/c26-19-8-10-20(11-9-19)28-34(31,32)21-5-3-4-18(16-21)25(30)29-14-12-17(13-15-29)24-27-22-6-1-2-7-23(22)33-24/h1-11,16-17,28H,12-15H2. The molecule has 34 heavy (non-hydrogen) atoms. The number of amides is 1. The van der Waals surface area contributed by atoms with Crippen LogP contribution in [0.3, 0.4) is 0 Å². The van der Waals surface area contributed by atoms with Crippen molar-refractivity contribution in [2.75, 3.05) is 17.8 Å². The molecule has 7 nitrogen and oxygen atoms in total. The van der Waals surface area contributed by atoms with Gasteiger partial charge in [-0.25, -0.2) is 13.4 Å². The number of sulfonamides is 1. The topological polar surface area (TPSA) is 92.5 Å². The van der Waals surface area contributed by atoms with Crippen molar-refractivity contribution in [3.8, 4) is 0 Å². The van der Waals surface area contributed by atoms with Crippen LogP contribution in [0.4, 0.5) is 5.69 Å². The van der Waals surface area contributed by atoms with Gasteiger partial charge in [-0.2, -0.15) is 0 Å². The Bertz CT molecular complexity index is 1410. The van der Waals surface area contributed by atoms with E-state index in [2.05, 4.69) is 9.71 Å². The third-order valence-electron chi connectivity index (χ3n) is 5.93. The van der Waals surface area contributed by atoms with Crippen LogP contribution in [-0.4, -0.2) is 37.3 Å². The average Bonchev–Trinajstić information content (AvgIpc) is 3.29. The van der Waals surface area contributed by atoms with Crippen molar-refractivity contribution in [1.82, 2.24) is 9.88 Å². The number of piperidine rings is 1. The number of nitrogens with zero attached hydrogens (tertiary/aromatic N) is 2. The van der Waals surface area contributed by atoms with Crippen molar-refractivity contribution >= 4 is 44.3 Å². The maximum absolute atomic E-state index is 13.1. The predicted octanol–water partition coefficient (Wildman–Crippen LogP) is 5.30. The van der Waals surface area contributed by atoms with Crippen molar-refractivity contribution < 1.29 is 17.6 Å². The summed E-state index contributed by atoms with van der Waals surface area (Å²) in [5.41, 5.74) is 2.32. The van der Waals surface area contributed by atoms with Crippen LogP contribution in [-0.2, 0) is 10.0 Å². The second-order valence-corrected chi connectivity index (χ2v) is 10.3. The second-order valence-electron chi connectivity index (χ2n) is 8.23. The van der Waals surface area contributed by atoms with E-state index in [9.17, 15) is 13.2 Å². The molecule has 174 valence electrons. The molecule has 1 aliphatic rings. The number of fused-ring (bicyclic) bond motifs is 1. The number of hydrogen-bond acceptors (Lipinski definition) is 5. The monoisotopic (exact) mass is 495 g/mol. The molecule has 1 fully saturated rings. The first kappa shape index (κ1) is 22.4. The summed E-state index contributed by atoms with van der Waals surface area (Å²) in [4.78, 5) is 19.5. The smallest absolute Gasteiger partial charge is 0.261 e. The lowest BCUT2D eigenvalue weighted by atomic mass is 9.96. The highest BCUT2D eigenvalue weighted by atomic mass is 35.5. The molecule has 0 aliphatic carbocycles. The summed E-state index contributed by atoms with van der Waals surface area (Å²) in [5, 5.41) is 0.510. The Morgan fingerprint density at radius 3 is 2.47 bits per heavy atom. The molecule has 2 heterocycles. The number of anilines is 1. The van der Waals surface area contributed by atoms with Crippen LogP contribution in [0.5, 0.6) is 0 Å². The fourth-order valence-corrected chi connectivity index (χ4v) is 5.34. The van der Waals surface area contributed by atoms with Gasteiger partial charge in [0.1, 0.15) is 5.52 Å². The molecular weight excluding hydrogens is 474 g/mol. The van der Waals surface area contributed by atoms with E-state index < -0.39 is 10.0 Å². The summed E-state index contributed by atoms with van der Waals surface area (Å²) in [7, 11) is -3.86. The zero-order valence-corrected chi connectivity index (χ0v) is 19.7. The Morgan fingerprint density at radius 2 is 1.74 bits per heavy atom. The quantitative estimate of drug-likeness (QED) is 0.405. The molecule has 1 saturated heterocycles. The number of carbonyl (C=O) groups excluding carboxylic acids is 1. The van der Waals surface area contributed by atoms with E-state index in [1.807, 2.05) is 24.3 Å². The van der Waals surface area contributed by atoms with Crippen molar-refractivity contribution in [1.29, 1.82) is 0 Å². The highest BCUT2D eigenvalue weighted by Crippen LogP contribution is 2.30. The van der Waals surface area contributed by atoms with Crippen molar-refractivity contribution in [3.63, 3.8) is 0 Å². The minimum atomic E-state index is -3.86. The first-order valence-corrected chi connectivity index (χ1v) is 12.8. The summed E-state index contributed by atoms with van der Waals surface area (Å²) in [5.74, 6) is 0.654. The summed E-state index contributed by atoms with van der Waals surface area (Å²) >= 11 is 5.86. The molecule has 5 rings (SSSR count). The predicted molar refractivity (Wildman–Crippen MR) is 131 cm³/mol. The van der Waals surface area contributed by atoms with Crippen LogP contribution in [0.25, 0.3) is 11.1 Å². The van der Waals surface area contributed by atoms with Crippen molar-refractivity contribution in [2.45, 2.75) is 23.7 Å². The highest BCUT2D eigenvalue weighted by molar-refractivity contribution is 7.92. The van der Waals surface area contributed by atoms with E-state index in [-0.39, 0.29) is 16.7 Å². The number of likely N-dealkylation sites (tertiary alicyclic amines) is 1. The molecule has 1 N–H and O–H groups in total. The maximum Gasteiger partial charge on any atom is 0.261 e. The highest BCUT2D eigenvalue weighted by Gasteiger charge is 2.28. The Hall–Kier alpha value is -3.36. The molecular formula is C25H22ClN3O4S. The molecule has 0 bridgehead atoms. The molecule has 4 aromatic rings. The first-order valence-electron chi connectivity index (χ1n) is 10.9. The number of nitrogens with one attached hydrogen (secondary N) is 1. The lowest BCUT2D eigenvalue weighted by molar-refractivity contribution is 0.0706. The molecule has 1 amide bonds. The summed E-state index contributed by atoms with van der Waals surface area (Å²) in [6.45, 7) is 1.09.